The molecule has 0 spiro atoms. The molecule has 1 aliphatic heterocycles. The van der Waals surface area contributed by atoms with Gasteiger partial charge < -0.3 is 10.1 Å². The number of Topliss-reactive ketones (excluding diaryl/α,β-unsaturated/α-hetero) is 1. The van der Waals surface area contributed by atoms with Crippen molar-refractivity contribution in [2.45, 2.75) is 26.7 Å². The van der Waals surface area contributed by atoms with Gasteiger partial charge in [0.15, 0.2) is 5.78 Å². The summed E-state index contributed by atoms with van der Waals surface area (Å²) in [4.78, 5) is 12.3. The minimum atomic E-state index is 0.198. The average molecular weight is 247 g/mol. The summed E-state index contributed by atoms with van der Waals surface area (Å²) in [5.74, 6) is 1.42. The molecule has 0 bridgehead atoms. The first-order valence-electron chi connectivity index (χ1n) is 6.51. The molecule has 1 saturated heterocycles. The normalized spacial score (nSPS) is 18.9. The molecule has 0 radical (unpaired) electrons. The highest BCUT2D eigenvalue weighted by atomic mass is 16.5. The van der Waals surface area contributed by atoms with Crippen molar-refractivity contribution in [2.24, 2.45) is 5.92 Å². The fourth-order valence-electron chi connectivity index (χ4n) is 2.53. The van der Waals surface area contributed by atoms with Crippen molar-refractivity contribution < 1.29 is 9.53 Å². The van der Waals surface area contributed by atoms with E-state index in [0.717, 1.165) is 42.0 Å². The Hall–Kier alpha value is -1.35. The summed E-state index contributed by atoms with van der Waals surface area (Å²) in [5.41, 5.74) is 2.95. The molecule has 1 N–H and O–H groups in total. The first-order chi connectivity index (χ1) is 8.63. The summed E-state index contributed by atoms with van der Waals surface area (Å²) in [6.07, 6.45) is 1.71. The molecular formula is C15H21NO2. The molecule has 98 valence electrons. The third-order valence-electron chi connectivity index (χ3n) is 3.82. The maximum absolute atomic E-state index is 12.3. The Balaban J connectivity index is 2.21. The van der Waals surface area contributed by atoms with E-state index in [0.29, 0.717) is 12.3 Å². The molecule has 1 aromatic carbocycles. The van der Waals surface area contributed by atoms with Gasteiger partial charge >= 0.3 is 0 Å². The van der Waals surface area contributed by atoms with Crippen LogP contribution in [0.1, 0.15) is 34.3 Å². The largest absolute Gasteiger partial charge is 0.496 e. The predicted octanol–water partition coefficient (Wildman–Crippen LogP) is 2.49. The average Bonchev–Trinajstić information content (AvgIpc) is 2.85. The zero-order valence-corrected chi connectivity index (χ0v) is 11.4. The van der Waals surface area contributed by atoms with E-state index in [2.05, 4.69) is 5.32 Å². The van der Waals surface area contributed by atoms with E-state index in [1.807, 2.05) is 26.0 Å². The number of benzene rings is 1. The highest BCUT2D eigenvalue weighted by Crippen LogP contribution is 2.28. The summed E-state index contributed by atoms with van der Waals surface area (Å²) in [7, 11) is 1.63. The molecule has 1 unspecified atom stereocenters. The number of hydrogen-bond donors (Lipinski definition) is 1. The molecule has 0 saturated carbocycles. The van der Waals surface area contributed by atoms with Gasteiger partial charge in [-0.05, 0) is 56.5 Å². The molecule has 2 rings (SSSR count). The highest BCUT2D eigenvalue weighted by molar-refractivity contribution is 5.99. The Morgan fingerprint density at radius 1 is 1.44 bits per heavy atom. The minimum absolute atomic E-state index is 0.198. The highest BCUT2D eigenvalue weighted by Gasteiger charge is 2.22. The van der Waals surface area contributed by atoms with Crippen molar-refractivity contribution in [3.63, 3.8) is 0 Å². The van der Waals surface area contributed by atoms with Gasteiger partial charge in [0.1, 0.15) is 5.75 Å². The second-order valence-corrected chi connectivity index (χ2v) is 5.07. The Kier molecular flexibility index (Phi) is 4.02. The molecule has 0 amide bonds. The molecule has 1 atom stereocenters. The first-order valence-corrected chi connectivity index (χ1v) is 6.51. The number of rotatable bonds is 4. The number of carbonyl (C=O) groups excluding carboxylic acids is 1. The minimum Gasteiger partial charge on any atom is -0.496 e. The van der Waals surface area contributed by atoms with Gasteiger partial charge in [-0.1, -0.05) is 6.07 Å². The van der Waals surface area contributed by atoms with Crippen LogP contribution in [0.25, 0.3) is 0 Å². The third kappa shape index (κ3) is 2.56. The smallest absolute Gasteiger partial charge is 0.166 e. The van der Waals surface area contributed by atoms with Gasteiger partial charge in [0, 0.05) is 6.42 Å². The van der Waals surface area contributed by atoms with E-state index < -0.39 is 0 Å². The fraction of sp³-hybridized carbons (Fsp3) is 0.533. The van der Waals surface area contributed by atoms with Gasteiger partial charge in [-0.2, -0.15) is 0 Å². The molecule has 18 heavy (non-hydrogen) atoms. The maximum atomic E-state index is 12.3. The molecule has 0 aromatic heterocycles. The van der Waals surface area contributed by atoms with Gasteiger partial charge in [0.05, 0.1) is 12.7 Å². The summed E-state index contributed by atoms with van der Waals surface area (Å²) in [5, 5.41) is 3.29. The Bertz CT molecular complexity index is 448. The van der Waals surface area contributed by atoms with Gasteiger partial charge in [-0.25, -0.2) is 0 Å². The standard InChI is InChI=1S/C15H21NO2/c1-10-4-5-13(15(18-3)11(10)2)14(17)8-12-6-7-16-9-12/h4-5,12,16H,6-9H2,1-3H3. The van der Waals surface area contributed by atoms with Crippen LogP contribution in [-0.4, -0.2) is 26.0 Å². The van der Waals surface area contributed by atoms with E-state index in [1.165, 1.54) is 0 Å². The van der Waals surface area contributed by atoms with Gasteiger partial charge in [0.2, 0.25) is 0 Å². The number of ketones is 1. The van der Waals surface area contributed by atoms with Crippen LogP contribution < -0.4 is 10.1 Å². The maximum Gasteiger partial charge on any atom is 0.166 e. The van der Waals surface area contributed by atoms with Crippen molar-refractivity contribution in [3.05, 3.63) is 28.8 Å². The van der Waals surface area contributed by atoms with Gasteiger partial charge in [-0.3, -0.25) is 4.79 Å². The van der Waals surface area contributed by atoms with Crippen molar-refractivity contribution in [1.29, 1.82) is 0 Å². The van der Waals surface area contributed by atoms with E-state index >= 15 is 0 Å². The summed E-state index contributed by atoms with van der Waals surface area (Å²) in [6, 6.07) is 3.89. The topological polar surface area (TPSA) is 38.3 Å². The Morgan fingerprint density at radius 2 is 2.22 bits per heavy atom. The SMILES string of the molecule is COc1c(C(=O)CC2CCNC2)ccc(C)c1C. The lowest BCUT2D eigenvalue weighted by Crippen LogP contribution is -2.13. The molecule has 1 fully saturated rings. The predicted molar refractivity (Wildman–Crippen MR) is 72.4 cm³/mol. The summed E-state index contributed by atoms with van der Waals surface area (Å²) < 4.78 is 5.41. The van der Waals surface area contributed by atoms with Crippen molar-refractivity contribution in [2.75, 3.05) is 20.2 Å². The zero-order valence-electron chi connectivity index (χ0n) is 11.4. The molecule has 0 aliphatic carbocycles. The Labute approximate surface area is 109 Å². The van der Waals surface area contributed by atoms with Gasteiger partial charge in [0.25, 0.3) is 0 Å². The van der Waals surface area contributed by atoms with Crippen LogP contribution in [0.4, 0.5) is 0 Å². The van der Waals surface area contributed by atoms with Crippen molar-refractivity contribution in [3.8, 4) is 5.75 Å². The molecule has 1 aliphatic rings. The fourth-order valence-corrected chi connectivity index (χ4v) is 2.53. The lowest BCUT2D eigenvalue weighted by Gasteiger charge is -2.14. The van der Waals surface area contributed by atoms with E-state index in [9.17, 15) is 4.79 Å². The molecule has 1 heterocycles. The number of aryl methyl sites for hydroxylation is 1. The van der Waals surface area contributed by atoms with Crippen LogP contribution in [0.5, 0.6) is 5.75 Å². The first kappa shape index (κ1) is 13.1. The van der Waals surface area contributed by atoms with E-state index in [-0.39, 0.29) is 5.78 Å². The van der Waals surface area contributed by atoms with Gasteiger partial charge in [-0.15, -0.1) is 0 Å². The second-order valence-electron chi connectivity index (χ2n) is 5.07. The lowest BCUT2D eigenvalue weighted by molar-refractivity contribution is 0.0961. The van der Waals surface area contributed by atoms with E-state index in [4.69, 9.17) is 4.74 Å². The Morgan fingerprint density at radius 3 is 2.83 bits per heavy atom. The molecule has 3 nitrogen and oxygen atoms in total. The molecule has 3 heteroatoms. The van der Waals surface area contributed by atoms with E-state index in [1.54, 1.807) is 7.11 Å². The van der Waals surface area contributed by atoms with Crippen LogP contribution in [0.15, 0.2) is 12.1 Å². The van der Waals surface area contributed by atoms with Crippen molar-refractivity contribution >= 4 is 5.78 Å². The summed E-state index contributed by atoms with van der Waals surface area (Å²) in [6.45, 7) is 6.02. The lowest BCUT2D eigenvalue weighted by atomic mass is 9.94. The van der Waals surface area contributed by atoms with Crippen LogP contribution in [-0.2, 0) is 0 Å². The van der Waals surface area contributed by atoms with Crippen LogP contribution >= 0.6 is 0 Å². The number of nitrogens with one attached hydrogen (secondary N) is 1. The number of ether oxygens (including phenoxy) is 1. The zero-order chi connectivity index (χ0) is 13.1. The third-order valence-corrected chi connectivity index (χ3v) is 3.82. The van der Waals surface area contributed by atoms with Crippen molar-refractivity contribution in [1.82, 2.24) is 5.32 Å². The summed E-state index contributed by atoms with van der Waals surface area (Å²) >= 11 is 0. The monoisotopic (exact) mass is 247 g/mol. The van der Waals surface area contributed by atoms with Crippen LogP contribution in [0, 0.1) is 19.8 Å². The number of methoxy groups -OCH3 is 1. The quantitative estimate of drug-likeness (QED) is 0.831. The van der Waals surface area contributed by atoms with Crippen LogP contribution in [0.3, 0.4) is 0 Å². The molecular weight excluding hydrogens is 226 g/mol. The number of hydrogen-bond acceptors (Lipinski definition) is 3. The molecule has 1 aromatic rings. The van der Waals surface area contributed by atoms with Crippen LogP contribution in [0.2, 0.25) is 0 Å². The number of carbonyl (C=O) groups is 1. The second kappa shape index (κ2) is 5.53.